The first-order valence-electron chi connectivity index (χ1n) is 6.85. The van der Waals surface area contributed by atoms with Crippen molar-refractivity contribution in [1.82, 2.24) is 19.9 Å². The van der Waals surface area contributed by atoms with Crippen molar-refractivity contribution < 1.29 is 18.7 Å². The second kappa shape index (κ2) is 6.73. The molecule has 3 heterocycles. The lowest BCUT2D eigenvalue weighted by atomic mass is 10.3. The zero-order valence-electron chi connectivity index (χ0n) is 12.3. The molecule has 0 bridgehead atoms. The minimum Gasteiger partial charge on any atom is -0.483 e. The molecule has 0 aliphatic carbocycles. The van der Waals surface area contributed by atoms with Gasteiger partial charge < -0.3 is 20.4 Å². The average molecular weight is 366 g/mol. The van der Waals surface area contributed by atoms with E-state index in [1.165, 1.54) is 6.07 Å². The number of nitrogens with one attached hydrogen (secondary N) is 3. The minimum absolute atomic E-state index is 0.0646. The predicted molar refractivity (Wildman–Crippen MR) is 89.1 cm³/mol. The van der Waals surface area contributed by atoms with E-state index in [1.54, 1.807) is 18.3 Å². The molecule has 0 spiro atoms. The lowest BCUT2D eigenvalue weighted by molar-refractivity contribution is -0.122. The third-order valence-corrected chi connectivity index (χ3v) is 3.46. The SMILES string of the molecule is Fc1cc(F)c2nc(Nc3c[nH]c4ccc(Cl)nc34)[nH]c2c1.O=CO. The molecule has 0 unspecified atom stereocenters. The Kier molecular flexibility index (Phi) is 4.48. The van der Waals surface area contributed by atoms with Gasteiger partial charge in [-0.25, -0.2) is 18.7 Å². The molecular formula is C15H10ClF2N5O2. The van der Waals surface area contributed by atoms with Gasteiger partial charge in [-0.15, -0.1) is 0 Å². The van der Waals surface area contributed by atoms with E-state index in [1.807, 2.05) is 0 Å². The van der Waals surface area contributed by atoms with Gasteiger partial charge in [0.15, 0.2) is 5.82 Å². The highest BCUT2D eigenvalue weighted by Crippen LogP contribution is 2.26. The topological polar surface area (TPSA) is 107 Å². The number of hydrogen-bond donors (Lipinski definition) is 4. The molecule has 4 rings (SSSR count). The number of hydrogen-bond acceptors (Lipinski definition) is 4. The van der Waals surface area contributed by atoms with Gasteiger partial charge >= 0.3 is 0 Å². The predicted octanol–water partition coefficient (Wildman–Crippen LogP) is 3.82. The summed E-state index contributed by atoms with van der Waals surface area (Å²) in [5.74, 6) is -1.11. The number of aromatic nitrogens is 4. The molecule has 0 saturated carbocycles. The number of rotatable bonds is 2. The Morgan fingerprint density at radius 1 is 1.16 bits per heavy atom. The van der Waals surface area contributed by atoms with Crippen molar-refractivity contribution in [3.8, 4) is 0 Å². The number of halogens is 3. The highest BCUT2D eigenvalue weighted by Gasteiger charge is 2.12. The highest BCUT2D eigenvalue weighted by molar-refractivity contribution is 6.29. The summed E-state index contributed by atoms with van der Waals surface area (Å²) in [6, 6.07) is 5.44. The molecule has 3 aromatic heterocycles. The molecule has 0 aliphatic rings. The number of benzene rings is 1. The van der Waals surface area contributed by atoms with Gasteiger partial charge in [0.1, 0.15) is 22.0 Å². The summed E-state index contributed by atoms with van der Waals surface area (Å²) in [4.78, 5) is 22.5. The number of anilines is 2. The van der Waals surface area contributed by atoms with Gasteiger partial charge in [-0.3, -0.25) is 4.79 Å². The third-order valence-electron chi connectivity index (χ3n) is 3.25. The maximum Gasteiger partial charge on any atom is 0.290 e. The van der Waals surface area contributed by atoms with E-state index >= 15 is 0 Å². The number of H-pyrrole nitrogens is 2. The normalized spacial score (nSPS) is 10.5. The first kappa shape index (κ1) is 16.7. The summed E-state index contributed by atoms with van der Waals surface area (Å²) in [7, 11) is 0. The van der Waals surface area contributed by atoms with Crippen LogP contribution in [0.25, 0.3) is 22.1 Å². The molecule has 7 nitrogen and oxygen atoms in total. The van der Waals surface area contributed by atoms with E-state index in [2.05, 4.69) is 25.3 Å². The van der Waals surface area contributed by atoms with Crippen LogP contribution in [0, 0.1) is 11.6 Å². The number of carboxylic acid groups (broad SMARTS) is 1. The van der Waals surface area contributed by atoms with Crippen molar-refractivity contribution in [2.24, 2.45) is 0 Å². The summed E-state index contributed by atoms with van der Waals surface area (Å²) in [6.45, 7) is -0.250. The molecule has 0 fully saturated rings. The third kappa shape index (κ3) is 3.36. The van der Waals surface area contributed by atoms with Crippen molar-refractivity contribution in [2.75, 3.05) is 5.32 Å². The quantitative estimate of drug-likeness (QED) is 0.319. The lowest BCUT2D eigenvalue weighted by Crippen LogP contribution is -1.91. The van der Waals surface area contributed by atoms with Gasteiger partial charge in [0.2, 0.25) is 5.95 Å². The fourth-order valence-corrected chi connectivity index (χ4v) is 2.45. The molecule has 4 N–H and O–H groups in total. The monoisotopic (exact) mass is 365 g/mol. The number of fused-ring (bicyclic) bond motifs is 2. The fourth-order valence-electron chi connectivity index (χ4n) is 2.30. The summed E-state index contributed by atoms with van der Waals surface area (Å²) in [6.07, 6.45) is 1.69. The molecule has 128 valence electrons. The van der Waals surface area contributed by atoms with Crippen LogP contribution >= 0.6 is 11.6 Å². The van der Waals surface area contributed by atoms with Crippen LogP contribution in [-0.4, -0.2) is 31.5 Å². The van der Waals surface area contributed by atoms with Gasteiger partial charge in [0.05, 0.1) is 16.7 Å². The number of carbonyl (C=O) groups is 1. The number of imidazole rings is 1. The summed E-state index contributed by atoms with van der Waals surface area (Å²) >= 11 is 5.89. The Labute approximate surface area is 143 Å². The van der Waals surface area contributed by atoms with E-state index in [4.69, 9.17) is 21.5 Å². The van der Waals surface area contributed by atoms with Crippen LogP contribution in [0.2, 0.25) is 5.15 Å². The number of aromatic amines is 2. The first-order valence-corrected chi connectivity index (χ1v) is 7.23. The second-order valence-corrected chi connectivity index (χ2v) is 5.22. The number of nitrogens with zero attached hydrogens (tertiary/aromatic N) is 2. The molecule has 0 aliphatic heterocycles. The fraction of sp³-hybridized carbons (Fsp3) is 0. The van der Waals surface area contributed by atoms with Crippen LogP contribution in [0.1, 0.15) is 0 Å². The van der Waals surface area contributed by atoms with Crippen LogP contribution in [-0.2, 0) is 4.79 Å². The molecule has 4 aromatic rings. The summed E-state index contributed by atoms with van der Waals surface area (Å²) in [5, 5.41) is 10.2. The lowest BCUT2D eigenvalue weighted by Gasteiger charge is -1.99. The largest absolute Gasteiger partial charge is 0.483 e. The first-order chi connectivity index (χ1) is 12.0. The molecule has 0 saturated heterocycles. The van der Waals surface area contributed by atoms with E-state index in [0.717, 1.165) is 11.6 Å². The Morgan fingerprint density at radius 2 is 1.92 bits per heavy atom. The maximum absolute atomic E-state index is 13.7. The van der Waals surface area contributed by atoms with Crippen LogP contribution in [0.4, 0.5) is 20.4 Å². The Morgan fingerprint density at radius 3 is 2.68 bits per heavy atom. The van der Waals surface area contributed by atoms with Crippen molar-refractivity contribution in [2.45, 2.75) is 0 Å². The molecule has 0 atom stereocenters. The van der Waals surface area contributed by atoms with Gasteiger partial charge in [-0.05, 0) is 18.2 Å². The van der Waals surface area contributed by atoms with E-state index < -0.39 is 11.6 Å². The smallest absolute Gasteiger partial charge is 0.290 e. The van der Waals surface area contributed by atoms with Crippen LogP contribution in [0.15, 0.2) is 30.5 Å². The van der Waals surface area contributed by atoms with Crippen molar-refractivity contribution >= 4 is 51.8 Å². The van der Waals surface area contributed by atoms with E-state index in [0.29, 0.717) is 16.4 Å². The maximum atomic E-state index is 13.7. The average Bonchev–Trinajstić information content (AvgIpc) is 3.13. The minimum atomic E-state index is -0.723. The molecular weight excluding hydrogens is 356 g/mol. The van der Waals surface area contributed by atoms with Crippen LogP contribution in [0.3, 0.4) is 0 Å². The van der Waals surface area contributed by atoms with E-state index in [9.17, 15) is 8.78 Å². The highest BCUT2D eigenvalue weighted by atomic mass is 35.5. The Bertz CT molecular complexity index is 1060. The Balaban J connectivity index is 0.000000569. The van der Waals surface area contributed by atoms with Crippen LogP contribution in [0.5, 0.6) is 0 Å². The molecule has 1 aromatic carbocycles. The molecule has 10 heteroatoms. The van der Waals surface area contributed by atoms with Gasteiger partial charge in [0.25, 0.3) is 6.47 Å². The van der Waals surface area contributed by atoms with Crippen molar-refractivity contribution in [3.05, 3.63) is 47.2 Å². The summed E-state index contributed by atoms with van der Waals surface area (Å²) < 4.78 is 26.9. The van der Waals surface area contributed by atoms with Crippen molar-refractivity contribution in [3.63, 3.8) is 0 Å². The van der Waals surface area contributed by atoms with Crippen LogP contribution < -0.4 is 5.32 Å². The standard InChI is InChI=1S/C14H8ClF2N5.CH2O2/c15-11-2-1-8-13(21-11)10(5-18-8)20-14-19-9-4-6(16)3-7(17)12(9)22-14;2-1-3/h1-5,18H,(H2,19,20,22);1H,(H,2,3). The number of pyridine rings is 1. The zero-order valence-corrected chi connectivity index (χ0v) is 13.1. The second-order valence-electron chi connectivity index (χ2n) is 4.83. The molecule has 0 amide bonds. The van der Waals surface area contributed by atoms with Crippen molar-refractivity contribution in [1.29, 1.82) is 0 Å². The molecule has 0 radical (unpaired) electrons. The van der Waals surface area contributed by atoms with Gasteiger partial charge in [0, 0.05) is 12.3 Å². The summed E-state index contributed by atoms with van der Waals surface area (Å²) in [5.41, 5.74) is 2.37. The Hall–Kier alpha value is -3.20. The zero-order chi connectivity index (χ0) is 18.0. The van der Waals surface area contributed by atoms with Gasteiger partial charge in [-0.2, -0.15) is 0 Å². The van der Waals surface area contributed by atoms with Gasteiger partial charge in [-0.1, -0.05) is 11.6 Å². The molecule has 25 heavy (non-hydrogen) atoms. The van der Waals surface area contributed by atoms with E-state index in [-0.39, 0.29) is 23.5 Å².